The van der Waals surface area contributed by atoms with Crippen molar-refractivity contribution in [3.63, 3.8) is 0 Å². The molecule has 0 fully saturated rings. The third-order valence-corrected chi connectivity index (χ3v) is 5.79. The number of fused-ring (bicyclic) bond motifs is 1. The first-order valence-electron chi connectivity index (χ1n) is 7.23. The van der Waals surface area contributed by atoms with Crippen molar-refractivity contribution in [1.82, 2.24) is 0 Å². The summed E-state index contributed by atoms with van der Waals surface area (Å²) in [5, 5.41) is 0. The van der Waals surface area contributed by atoms with Crippen LogP contribution in [-0.2, 0) is 28.1 Å². The zero-order chi connectivity index (χ0) is 16.2. The maximum Gasteiger partial charge on any atom is 0.353 e. The number of thiophene rings is 1. The van der Waals surface area contributed by atoms with Crippen LogP contribution < -0.4 is 4.74 Å². The van der Waals surface area contributed by atoms with Gasteiger partial charge in [0.15, 0.2) is 0 Å². The molecule has 1 aliphatic rings. The molecular formula is C17H16O4S2. The predicted molar refractivity (Wildman–Crippen MR) is 91.3 cm³/mol. The van der Waals surface area contributed by atoms with Crippen molar-refractivity contribution >= 4 is 35.0 Å². The highest BCUT2D eigenvalue weighted by Gasteiger charge is 2.20. The fraction of sp³-hybridized carbons (Fsp3) is 0.294. The van der Waals surface area contributed by atoms with E-state index in [1.165, 1.54) is 28.9 Å². The van der Waals surface area contributed by atoms with E-state index in [0.29, 0.717) is 16.2 Å². The van der Waals surface area contributed by atoms with Gasteiger partial charge in [-0.05, 0) is 29.9 Å². The third-order valence-electron chi connectivity index (χ3n) is 3.57. The maximum absolute atomic E-state index is 12.4. The number of carbonyl (C=O) groups excluding carboxylic acids is 2. The lowest BCUT2D eigenvalue weighted by atomic mass is 10.1. The number of hydrogen-bond acceptors (Lipinski definition) is 6. The van der Waals surface area contributed by atoms with Crippen molar-refractivity contribution < 1.29 is 19.1 Å². The summed E-state index contributed by atoms with van der Waals surface area (Å²) in [4.78, 5) is 25.8. The van der Waals surface area contributed by atoms with Crippen LogP contribution in [0.4, 0.5) is 0 Å². The fourth-order valence-corrected chi connectivity index (χ4v) is 4.62. The van der Waals surface area contributed by atoms with Gasteiger partial charge in [0.2, 0.25) is 0 Å². The normalized spacial score (nSPS) is 13.3. The van der Waals surface area contributed by atoms with Gasteiger partial charge < -0.3 is 9.47 Å². The van der Waals surface area contributed by atoms with Gasteiger partial charge in [-0.15, -0.1) is 11.3 Å². The number of para-hydroxylation sites is 1. The largest absolute Gasteiger partial charge is 0.469 e. The molecule has 2 heterocycles. The maximum atomic E-state index is 12.4. The molecule has 0 unspecified atom stereocenters. The van der Waals surface area contributed by atoms with Crippen molar-refractivity contribution in [2.75, 3.05) is 12.9 Å². The Morgan fingerprint density at radius 3 is 2.87 bits per heavy atom. The van der Waals surface area contributed by atoms with E-state index in [2.05, 4.69) is 4.74 Å². The van der Waals surface area contributed by atoms with E-state index < -0.39 is 0 Å². The Bertz CT molecular complexity index is 712. The lowest BCUT2D eigenvalue weighted by molar-refractivity contribution is -0.139. The molecule has 6 heteroatoms. The monoisotopic (exact) mass is 348 g/mol. The molecule has 3 rings (SSSR count). The van der Waals surface area contributed by atoms with Gasteiger partial charge in [0, 0.05) is 16.2 Å². The van der Waals surface area contributed by atoms with E-state index in [4.69, 9.17) is 4.74 Å². The summed E-state index contributed by atoms with van der Waals surface area (Å²) >= 11 is 3.39. The predicted octanol–water partition coefficient (Wildman–Crippen LogP) is 3.47. The van der Waals surface area contributed by atoms with Gasteiger partial charge in [0.25, 0.3) is 0 Å². The van der Waals surface area contributed by atoms with E-state index >= 15 is 0 Å². The van der Waals surface area contributed by atoms with Crippen LogP contribution in [0, 0.1) is 0 Å². The van der Waals surface area contributed by atoms with Gasteiger partial charge >= 0.3 is 11.9 Å². The average molecular weight is 348 g/mol. The molecule has 1 aliphatic heterocycles. The first-order chi connectivity index (χ1) is 11.2. The number of rotatable bonds is 4. The van der Waals surface area contributed by atoms with Gasteiger partial charge in [0.05, 0.1) is 13.5 Å². The molecule has 120 valence electrons. The first kappa shape index (κ1) is 16.1. The molecule has 0 spiro atoms. The zero-order valence-electron chi connectivity index (χ0n) is 12.7. The van der Waals surface area contributed by atoms with E-state index in [1.807, 2.05) is 17.8 Å². The van der Waals surface area contributed by atoms with E-state index in [9.17, 15) is 9.59 Å². The molecule has 23 heavy (non-hydrogen) atoms. The summed E-state index contributed by atoms with van der Waals surface area (Å²) in [6, 6.07) is 8.96. The Morgan fingerprint density at radius 2 is 2.09 bits per heavy atom. The van der Waals surface area contributed by atoms with Crippen LogP contribution in [0.1, 0.15) is 25.7 Å². The van der Waals surface area contributed by atoms with Crippen molar-refractivity contribution in [2.24, 2.45) is 0 Å². The number of thioether (sulfide) groups is 1. The molecule has 2 aromatic rings. The quantitative estimate of drug-likeness (QED) is 0.625. The number of carbonyl (C=O) groups is 2. The summed E-state index contributed by atoms with van der Waals surface area (Å²) < 4.78 is 10.2. The van der Waals surface area contributed by atoms with Crippen LogP contribution in [0.5, 0.6) is 5.75 Å². The van der Waals surface area contributed by atoms with Gasteiger partial charge in [0.1, 0.15) is 10.6 Å². The van der Waals surface area contributed by atoms with Crippen LogP contribution in [0.15, 0.2) is 30.3 Å². The van der Waals surface area contributed by atoms with Crippen LogP contribution in [0.2, 0.25) is 0 Å². The summed E-state index contributed by atoms with van der Waals surface area (Å²) in [7, 11) is 1.34. The van der Waals surface area contributed by atoms with Crippen molar-refractivity contribution in [3.05, 3.63) is 51.2 Å². The summed E-state index contributed by atoms with van der Waals surface area (Å²) in [6.07, 6.45) is 1.09. The van der Waals surface area contributed by atoms with Gasteiger partial charge in [-0.3, -0.25) is 4.79 Å². The molecule has 1 aromatic heterocycles. The Kier molecular flexibility index (Phi) is 5.03. The lowest BCUT2D eigenvalue weighted by Crippen LogP contribution is -2.11. The summed E-state index contributed by atoms with van der Waals surface area (Å²) in [5.74, 6) is 1.73. The number of aryl methyl sites for hydroxylation is 1. The summed E-state index contributed by atoms with van der Waals surface area (Å²) in [6.45, 7) is 0. The second-order valence-electron chi connectivity index (χ2n) is 5.11. The second-order valence-corrected chi connectivity index (χ2v) is 7.35. The van der Waals surface area contributed by atoms with E-state index in [1.54, 1.807) is 24.3 Å². The van der Waals surface area contributed by atoms with Gasteiger partial charge in [-0.1, -0.05) is 18.2 Å². The molecule has 0 aliphatic carbocycles. The molecule has 0 saturated carbocycles. The van der Waals surface area contributed by atoms with Crippen molar-refractivity contribution in [3.8, 4) is 5.75 Å². The molecule has 0 amide bonds. The highest BCUT2D eigenvalue weighted by molar-refractivity contribution is 7.98. The molecule has 0 bridgehead atoms. The molecular weight excluding hydrogens is 332 g/mol. The number of methoxy groups -OCH3 is 1. The second kappa shape index (κ2) is 7.19. The number of hydrogen-bond donors (Lipinski definition) is 0. The SMILES string of the molecule is COC(=O)Cc1ccccc1OC(=O)c1cc2c(s1)CCSC2. The van der Waals surface area contributed by atoms with E-state index in [0.717, 1.165) is 17.9 Å². The smallest absolute Gasteiger partial charge is 0.353 e. The number of benzene rings is 1. The van der Waals surface area contributed by atoms with Crippen LogP contribution in [0.3, 0.4) is 0 Å². The Balaban J connectivity index is 1.77. The Labute approximate surface area is 142 Å². The Hall–Kier alpha value is -1.79. The molecule has 0 atom stereocenters. The lowest BCUT2D eigenvalue weighted by Gasteiger charge is -2.08. The third kappa shape index (κ3) is 3.76. The standard InChI is InChI=1S/C17H16O4S2/c1-20-16(18)9-11-4-2-3-5-13(11)21-17(19)15-8-12-10-22-7-6-14(12)23-15/h2-5,8H,6-7,9-10H2,1H3. The van der Waals surface area contributed by atoms with Gasteiger partial charge in [-0.2, -0.15) is 11.8 Å². The van der Waals surface area contributed by atoms with Crippen molar-refractivity contribution in [2.45, 2.75) is 18.6 Å². The summed E-state index contributed by atoms with van der Waals surface area (Å²) in [5.41, 5.74) is 1.88. The van der Waals surface area contributed by atoms with Crippen LogP contribution in [0.25, 0.3) is 0 Å². The topological polar surface area (TPSA) is 52.6 Å². The minimum atomic E-state index is -0.369. The number of esters is 2. The molecule has 0 saturated heterocycles. The highest BCUT2D eigenvalue weighted by Crippen LogP contribution is 2.32. The molecule has 4 nitrogen and oxygen atoms in total. The fourth-order valence-electron chi connectivity index (χ4n) is 2.38. The molecule has 0 radical (unpaired) electrons. The van der Waals surface area contributed by atoms with E-state index in [-0.39, 0.29) is 18.4 Å². The molecule has 0 N–H and O–H groups in total. The average Bonchev–Trinajstić information content (AvgIpc) is 3.00. The van der Waals surface area contributed by atoms with Crippen LogP contribution in [-0.4, -0.2) is 24.8 Å². The highest BCUT2D eigenvalue weighted by atomic mass is 32.2. The minimum absolute atomic E-state index is 0.0809. The Morgan fingerprint density at radius 1 is 1.26 bits per heavy atom. The first-order valence-corrected chi connectivity index (χ1v) is 9.20. The number of ether oxygens (including phenoxy) is 2. The van der Waals surface area contributed by atoms with Gasteiger partial charge in [-0.25, -0.2) is 4.79 Å². The van der Waals surface area contributed by atoms with Crippen LogP contribution >= 0.6 is 23.1 Å². The minimum Gasteiger partial charge on any atom is -0.469 e. The van der Waals surface area contributed by atoms with Crippen molar-refractivity contribution in [1.29, 1.82) is 0 Å². The molecule has 1 aromatic carbocycles. The zero-order valence-corrected chi connectivity index (χ0v) is 14.3.